The molecule has 1 saturated carbocycles. The van der Waals surface area contributed by atoms with Crippen molar-refractivity contribution in [2.45, 2.75) is 45.6 Å². The van der Waals surface area contributed by atoms with E-state index in [1.54, 1.807) is 0 Å². The van der Waals surface area contributed by atoms with Gasteiger partial charge in [-0.3, -0.25) is 4.79 Å². The normalized spacial score (nSPS) is 21.9. The van der Waals surface area contributed by atoms with E-state index in [1.165, 1.54) is 22.8 Å². The van der Waals surface area contributed by atoms with Gasteiger partial charge >= 0.3 is 0 Å². The summed E-state index contributed by atoms with van der Waals surface area (Å²) < 4.78 is 1.17. The lowest BCUT2D eigenvalue weighted by atomic mass is 9.89. The van der Waals surface area contributed by atoms with Gasteiger partial charge in [0.25, 0.3) is 5.91 Å². The maximum atomic E-state index is 12.1. The smallest absolute Gasteiger partial charge is 0.262 e. The minimum atomic E-state index is -0.312. The van der Waals surface area contributed by atoms with Crippen LogP contribution in [0, 0.1) is 9.49 Å². The van der Waals surface area contributed by atoms with Crippen LogP contribution in [0.3, 0.4) is 0 Å². The molecule has 4 nitrogen and oxygen atoms in total. The number of carbonyl (C=O) groups excluding carboxylic acids is 1. The first-order valence-electron chi connectivity index (χ1n) is 7.44. The van der Waals surface area contributed by atoms with E-state index in [1.807, 2.05) is 31.2 Å². The zero-order valence-electron chi connectivity index (χ0n) is 12.5. The Bertz CT molecular complexity index is 513. The zero-order valence-corrected chi connectivity index (χ0v) is 14.7. The summed E-state index contributed by atoms with van der Waals surface area (Å²) in [4.78, 5) is 12.1. The van der Waals surface area contributed by atoms with Gasteiger partial charge in [-0.1, -0.05) is 13.3 Å². The number of amides is 1. The van der Waals surface area contributed by atoms with Gasteiger partial charge in [-0.25, -0.2) is 5.43 Å². The summed E-state index contributed by atoms with van der Waals surface area (Å²) in [6, 6.07) is 7.66. The molecule has 0 unspecified atom stereocenters. The van der Waals surface area contributed by atoms with E-state index in [0.717, 1.165) is 17.8 Å². The van der Waals surface area contributed by atoms with Gasteiger partial charge in [-0.05, 0) is 79.0 Å². The van der Waals surface area contributed by atoms with E-state index < -0.39 is 0 Å². The van der Waals surface area contributed by atoms with E-state index >= 15 is 0 Å². The van der Waals surface area contributed by atoms with Gasteiger partial charge in [0.2, 0.25) is 0 Å². The van der Waals surface area contributed by atoms with Crippen LogP contribution in [-0.4, -0.2) is 17.7 Å². The summed E-state index contributed by atoms with van der Waals surface area (Å²) in [5.41, 5.74) is 4.76. The van der Waals surface area contributed by atoms with Crippen molar-refractivity contribution in [1.29, 1.82) is 0 Å². The molecule has 0 aromatic heterocycles. The van der Waals surface area contributed by atoms with Crippen LogP contribution in [0.5, 0.6) is 0 Å². The zero-order chi connectivity index (χ0) is 15.2. The first kappa shape index (κ1) is 16.3. The highest BCUT2D eigenvalue weighted by Gasteiger charge is 2.17. The van der Waals surface area contributed by atoms with Crippen molar-refractivity contribution in [3.8, 4) is 0 Å². The van der Waals surface area contributed by atoms with Crippen LogP contribution in [0.15, 0.2) is 29.4 Å². The molecule has 114 valence electrons. The molecule has 1 aliphatic rings. The van der Waals surface area contributed by atoms with Gasteiger partial charge in [-0.15, -0.1) is 0 Å². The number of hydrogen-bond acceptors (Lipinski definition) is 3. The summed E-state index contributed by atoms with van der Waals surface area (Å²) in [6.45, 7) is 4.02. The Morgan fingerprint density at radius 3 is 2.71 bits per heavy atom. The Morgan fingerprint density at radius 2 is 2.05 bits per heavy atom. The van der Waals surface area contributed by atoms with Crippen LogP contribution >= 0.6 is 22.6 Å². The summed E-state index contributed by atoms with van der Waals surface area (Å²) >= 11 is 2.26. The predicted molar refractivity (Wildman–Crippen MR) is 95.5 cm³/mol. The van der Waals surface area contributed by atoms with Gasteiger partial charge < -0.3 is 5.32 Å². The molecule has 0 heterocycles. The molecule has 2 rings (SSSR count). The fourth-order valence-electron chi connectivity index (χ4n) is 2.42. The van der Waals surface area contributed by atoms with Crippen molar-refractivity contribution < 1.29 is 4.79 Å². The highest BCUT2D eigenvalue weighted by atomic mass is 127. The number of nitrogens with zero attached hydrogens (tertiary/aromatic N) is 1. The molecule has 0 saturated heterocycles. The van der Waals surface area contributed by atoms with Crippen molar-refractivity contribution in [1.82, 2.24) is 5.43 Å². The predicted octanol–water partition coefficient (Wildman–Crippen LogP) is 3.77. The fourth-order valence-corrected chi connectivity index (χ4v) is 2.78. The average molecular weight is 399 g/mol. The molecule has 0 aliphatic heterocycles. The minimum absolute atomic E-state index is 0.0983. The Balaban J connectivity index is 1.87. The third kappa shape index (κ3) is 4.98. The molecule has 0 bridgehead atoms. The topological polar surface area (TPSA) is 53.5 Å². The monoisotopic (exact) mass is 399 g/mol. The van der Waals surface area contributed by atoms with Crippen molar-refractivity contribution in [2.75, 3.05) is 5.32 Å². The molecule has 5 heteroatoms. The maximum absolute atomic E-state index is 12.1. The second-order valence-electron chi connectivity index (χ2n) is 5.60. The number of carbonyl (C=O) groups is 1. The maximum Gasteiger partial charge on any atom is 0.262 e. The molecule has 1 fully saturated rings. The number of hydrogen-bond donors (Lipinski definition) is 2. The Hall–Kier alpha value is -1.11. The van der Waals surface area contributed by atoms with Gasteiger partial charge in [0, 0.05) is 15.0 Å². The third-order valence-corrected chi connectivity index (χ3v) is 4.54. The number of anilines is 1. The minimum Gasteiger partial charge on any atom is -0.374 e. The fraction of sp³-hybridized carbons (Fsp3) is 0.500. The first-order valence-corrected chi connectivity index (χ1v) is 8.52. The van der Waals surface area contributed by atoms with Gasteiger partial charge in [-0.2, -0.15) is 5.10 Å². The quantitative estimate of drug-likeness (QED) is 0.598. The molecule has 1 aromatic carbocycles. The summed E-state index contributed by atoms with van der Waals surface area (Å²) in [7, 11) is 0. The molecule has 0 spiro atoms. The second kappa shape index (κ2) is 7.77. The van der Waals surface area contributed by atoms with Crippen molar-refractivity contribution in [2.24, 2.45) is 11.0 Å². The summed E-state index contributed by atoms with van der Waals surface area (Å²) in [6.07, 6.45) is 4.61. The number of rotatable bonds is 4. The largest absolute Gasteiger partial charge is 0.374 e. The highest BCUT2D eigenvalue weighted by molar-refractivity contribution is 14.1. The average Bonchev–Trinajstić information content (AvgIpc) is 2.48. The second-order valence-corrected chi connectivity index (χ2v) is 6.84. The third-order valence-electron chi connectivity index (χ3n) is 3.82. The molecule has 2 N–H and O–H groups in total. The van der Waals surface area contributed by atoms with Crippen molar-refractivity contribution in [3.63, 3.8) is 0 Å². The number of halogens is 1. The lowest BCUT2D eigenvalue weighted by Gasteiger charge is -2.20. The van der Waals surface area contributed by atoms with Crippen LogP contribution < -0.4 is 10.7 Å². The van der Waals surface area contributed by atoms with E-state index in [9.17, 15) is 4.79 Å². The summed E-state index contributed by atoms with van der Waals surface area (Å²) in [5.74, 6) is 0.386. The highest BCUT2D eigenvalue weighted by Crippen LogP contribution is 2.20. The number of hydrazone groups is 1. The molecule has 21 heavy (non-hydrogen) atoms. The van der Waals surface area contributed by atoms with E-state index in [2.05, 4.69) is 45.4 Å². The number of nitrogens with one attached hydrogen (secondary N) is 2. The Morgan fingerprint density at radius 1 is 1.33 bits per heavy atom. The van der Waals surface area contributed by atoms with Crippen LogP contribution in [0.25, 0.3) is 0 Å². The standard InChI is InChI=1S/C16H22IN3O/c1-11-5-3-4-6-15(11)19-20-16(21)12(2)18-14-9-7-13(17)8-10-14/h7-12,18H,3-6H2,1-2H3,(H,20,21)/b19-15-/t11-,12+/m0/s1. The van der Waals surface area contributed by atoms with Crippen molar-refractivity contribution >= 4 is 39.9 Å². The number of benzene rings is 1. The lowest BCUT2D eigenvalue weighted by Crippen LogP contribution is -2.36. The van der Waals surface area contributed by atoms with Gasteiger partial charge in [0.05, 0.1) is 0 Å². The van der Waals surface area contributed by atoms with Gasteiger partial charge in [0.15, 0.2) is 0 Å². The SMILES string of the molecule is C[C@@H](Nc1ccc(I)cc1)C(=O)N/N=C1/CCCC[C@@H]1C. The van der Waals surface area contributed by atoms with E-state index in [4.69, 9.17) is 0 Å². The molecular weight excluding hydrogens is 377 g/mol. The summed E-state index contributed by atoms with van der Waals surface area (Å²) in [5, 5.41) is 7.50. The van der Waals surface area contributed by atoms with Crippen molar-refractivity contribution in [3.05, 3.63) is 27.8 Å². The Kier molecular flexibility index (Phi) is 6.02. The molecule has 1 aromatic rings. The molecule has 1 aliphatic carbocycles. The molecular formula is C16H22IN3O. The van der Waals surface area contributed by atoms with Crippen LogP contribution in [-0.2, 0) is 4.79 Å². The Labute approximate surface area is 139 Å². The lowest BCUT2D eigenvalue weighted by molar-refractivity contribution is -0.121. The molecule has 1 amide bonds. The molecule has 2 atom stereocenters. The van der Waals surface area contributed by atoms with Gasteiger partial charge in [0.1, 0.15) is 6.04 Å². The van der Waals surface area contributed by atoms with E-state index in [0.29, 0.717) is 5.92 Å². The van der Waals surface area contributed by atoms with Crippen LogP contribution in [0.2, 0.25) is 0 Å². The first-order chi connectivity index (χ1) is 10.1. The van der Waals surface area contributed by atoms with Crippen LogP contribution in [0.4, 0.5) is 5.69 Å². The molecule has 0 radical (unpaired) electrons. The van der Waals surface area contributed by atoms with Crippen LogP contribution in [0.1, 0.15) is 39.5 Å². The van der Waals surface area contributed by atoms with E-state index in [-0.39, 0.29) is 11.9 Å².